The predicted molar refractivity (Wildman–Crippen MR) is 142 cm³/mol. The van der Waals surface area contributed by atoms with E-state index >= 15 is 0 Å². The molecule has 176 valence electrons. The molecule has 0 saturated carbocycles. The van der Waals surface area contributed by atoms with E-state index in [1.807, 2.05) is 54.6 Å². The van der Waals surface area contributed by atoms with Crippen LogP contribution in [0.4, 0.5) is 0 Å². The fraction of sp³-hybridized carbons (Fsp3) is 0.103. The Morgan fingerprint density at radius 1 is 1.06 bits per heavy atom. The number of thiazole rings is 1. The Morgan fingerprint density at radius 3 is 2.61 bits per heavy atom. The maximum Gasteiger partial charge on any atom is 0.338 e. The van der Waals surface area contributed by atoms with Crippen LogP contribution in [-0.2, 0) is 11.3 Å². The number of carbonyl (C=O) groups is 2. The van der Waals surface area contributed by atoms with Gasteiger partial charge in [-0.1, -0.05) is 65.8 Å². The Morgan fingerprint density at radius 2 is 1.83 bits per heavy atom. The number of terminal acetylenes is 1. The predicted octanol–water partition coefficient (Wildman–Crippen LogP) is 5.47. The van der Waals surface area contributed by atoms with E-state index in [2.05, 4.69) is 10.9 Å². The third-order valence-corrected chi connectivity index (χ3v) is 6.70. The maximum atomic E-state index is 13.6. The van der Waals surface area contributed by atoms with Crippen molar-refractivity contribution in [2.75, 3.05) is 6.61 Å². The van der Waals surface area contributed by atoms with Crippen molar-refractivity contribution >= 4 is 44.3 Å². The second-order valence-electron chi connectivity index (χ2n) is 7.93. The summed E-state index contributed by atoms with van der Waals surface area (Å²) in [5, 5.41) is 0.722. The Hall–Kier alpha value is -4.54. The lowest BCUT2D eigenvalue weighted by Crippen LogP contribution is -2.16. The summed E-state index contributed by atoms with van der Waals surface area (Å²) in [5.74, 6) is 1.84. The number of benzene rings is 3. The molecule has 1 amide bonds. The number of rotatable bonds is 5. The van der Waals surface area contributed by atoms with Gasteiger partial charge in [0, 0.05) is 10.9 Å². The molecular weight excluding hydrogens is 470 g/mol. The third kappa shape index (κ3) is 4.42. The van der Waals surface area contributed by atoms with Gasteiger partial charge in [-0.05, 0) is 37.3 Å². The van der Waals surface area contributed by atoms with Crippen molar-refractivity contribution in [1.29, 1.82) is 0 Å². The average molecular weight is 492 g/mol. The molecule has 6 nitrogen and oxygen atoms in total. The number of ether oxygens (including phenoxy) is 1. The second kappa shape index (κ2) is 9.98. The number of hydrogen-bond acceptors (Lipinski definition) is 5. The van der Waals surface area contributed by atoms with Gasteiger partial charge < -0.3 is 9.30 Å². The molecular formula is C29H21N3O3S. The largest absolute Gasteiger partial charge is 0.462 e. The second-order valence-corrected chi connectivity index (χ2v) is 8.94. The van der Waals surface area contributed by atoms with Crippen molar-refractivity contribution in [3.05, 3.63) is 94.8 Å². The quantitative estimate of drug-likeness (QED) is 0.241. The maximum absolute atomic E-state index is 13.6. The Kier molecular flexibility index (Phi) is 6.44. The highest BCUT2D eigenvalue weighted by atomic mass is 32.1. The zero-order valence-electron chi connectivity index (χ0n) is 19.5. The minimum absolute atomic E-state index is 0.233. The third-order valence-electron chi connectivity index (χ3n) is 5.66. The zero-order chi connectivity index (χ0) is 25.1. The SMILES string of the molecule is C#CCn1c(=NC(=O)c2cc(-c3ccccc3)nc3ccccc23)sc2cc(C(=O)OCC)ccc21. The highest BCUT2D eigenvalue weighted by molar-refractivity contribution is 7.16. The summed E-state index contributed by atoms with van der Waals surface area (Å²) < 4.78 is 7.70. The molecule has 0 aliphatic rings. The number of amides is 1. The van der Waals surface area contributed by atoms with E-state index in [1.165, 1.54) is 11.3 Å². The average Bonchev–Trinajstić information content (AvgIpc) is 3.24. The normalized spacial score (nSPS) is 11.5. The van der Waals surface area contributed by atoms with Crippen LogP contribution in [-0.4, -0.2) is 28.0 Å². The number of esters is 1. The number of hydrogen-bond donors (Lipinski definition) is 0. The van der Waals surface area contributed by atoms with Crippen molar-refractivity contribution in [1.82, 2.24) is 9.55 Å². The summed E-state index contributed by atoms with van der Waals surface area (Å²) in [6.45, 7) is 2.28. The Labute approximate surface area is 211 Å². The topological polar surface area (TPSA) is 73.5 Å². The first kappa shape index (κ1) is 23.2. The van der Waals surface area contributed by atoms with Crippen LogP contribution in [0.5, 0.6) is 0 Å². The van der Waals surface area contributed by atoms with Crippen molar-refractivity contribution in [3.63, 3.8) is 0 Å². The Balaban J connectivity index is 1.66. The van der Waals surface area contributed by atoms with Gasteiger partial charge in [0.2, 0.25) is 0 Å². The lowest BCUT2D eigenvalue weighted by Gasteiger charge is -2.07. The van der Waals surface area contributed by atoms with E-state index in [-0.39, 0.29) is 6.54 Å². The van der Waals surface area contributed by atoms with Gasteiger partial charge >= 0.3 is 5.97 Å². The van der Waals surface area contributed by atoms with Crippen LogP contribution in [0.25, 0.3) is 32.4 Å². The molecule has 3 aromatic carbocycles. The van der Waals surface area contributed by atoms with Gasteiger partial charge in [0.05, 0.1) is 45.7 Å². The Bertz CT molecular complexity index is 1730. The molecule has 0 atom stereocenters. The first-order chi connectivity index (χ1) is 17.6. The molecule has 0 N–H and O–H groups in total. The minimum atomic E-state index is -0.400. The van der Waals surface area contributed by atoms with Crippen molar-refractivity contribution < 1.29 is 14.3 Å². The fourth-order valence-corrected chi connectivity index (χ4v) is 5.07. The van der Waals surface area contributed by atoms with Crippen molar-refractivity contribution in [2.45, 2.75) is 13.5 Å². The molecule has 0 unspecified atom stereocenters. The minimum Gasteiger partial charge on any atom is -0.462 e. The van der Waals surface area contributed by atoms with Gasteiger partial charge in [0.25, 0.3) is 5.91 Å². The summed E-state index contributed by atoms with van der Waals surface area (Å²) in [7, 11) is 0. The summed E-state index contributed by atoms with van der Waals surface area (Å²) in [6.07, 6.45) is 5.62. The van der Waals surface area contributed by atoms with E-state index in [0.717, 1.165) is 21.2 Å². The van der Waals surface area contributed by atoms with Crippen LogP contribution in [0, 0.1) is 12.3 Å². The first-order valence-corrected chi connectivity index (χ1v) is 12.2. The summed E-state index contributed by atoms with van der Waals surface area (Å²) in [6, 6.07) is 24.2. The van der Waals surface area contributed by atoms with Gasteiger partial charge in [0.1, 0.15) is 0 Å². The molecule has 5 rings (SSSR count). The van der Waals surface area contributed by atoms with Crippen molar-refractivity contribution in [3.8, 4) is 23.6 Å². The molecule has 0 radical (unpaired) electrons. The van der Waals surface area contributed by atoms with Crippen LogP contribution in [0.1, 0.15) is 27.6 Å². The van der Waals surface area contributed by atoms with E-state index in [0.29, 0.717) is 33.7 Å². The van der Waals surface area contributed by atoms with Crippen LogP contribution < -0.4 is 4.80 Å². The first-order valence-electron chi connectivity index (χ1n) is 11.4. The van der Waals surface area contributed by atoms with E-state index in [9.17, 15) is 9.59 Å². The molecule has 36 heavy (non-hydrogen) atoms. The molecule has 2 heterocycles. The summed E-state index contributed by atoms with van der Waals surface area (Å²) in [5.41, 5.74) is 4.00. The van der Waals surface area contributed by atoms with E-state index < -0.39 is 11.9 Å². The molecule has 2 aromatic heterocycles. The van der Waals surface area contributed by atoms with Crippen LogP contribution in [0.15, 0.2) is 83.9 Å². The highest BCUT2D eigenvalue weighted by Gasteiger charge is 2.16. The lowest BCUT2D eigenvalue weighted by atomic mass is 10.0. The number of para-hydroxylation sites is 1. The molecule has 0 bridgehead atoms. The van der Waals surface area contributed by atoms with Crippen LogP contribution in [0.2, 0.25) is 0 Å². The van der Waals surface area contributed by atoms with Gasteiger partial charge in [-0.25, -0.2) is 9.78 Å². The van der Waals surface area contributed by atoms with Gasteiger partial charge in [-0.15, -0.1) is 6.42 Å². The lowest BCUT2D eigenvalue weighted by molar-refractivity contribution is 0.0526. The summed E-state index contributed by atoms with van der Waals surface area (Å²) in [4.78, 5) is 35.5. The highest BCUT2D eigenvalue weighted by Crippen LogP contribution is 2.26. The molecule has 0 spiro atoms. The van der Waals surface area contributed by atoms with Crippen molar-refractivity contribution in [2.24, 2.45) is 4.99 Å². The van der Waals surface area contributed by atoms with Crippen LogP contribution >= 0.6 is 11.3 Å². The molecule has 0 saturated heterocycles. The molecule has 5 aromatic rings. The number of fused-ring (bicyclic) bond motifs is 2. The van der Waals surface area contributed by atoms with Crippen LogP contribution in [0.3, 0.4) is 0 Å². The van der Waals surface area contributed by atoms with E-state index in [1.54, 1.807) is 35.8 Å². The molecule has 0 aliphatic heterocycles. The zero-order valence-corrected chi connectivity index (χ0v) is 20.3. The smallest absolute Gasteiger partial charge is 0.338 e. The number of carbonyl (C=O) groups excluding carboxylic acids is 2. The van der Waals surface area contributed by atoms with Gasteiger partial charge in [-0.2, -0.15) is 4.99 Å². The molecule has 0 fully saturated rings. The van der Waals surface area contributed by atoms with E-state index in [4.69, 9.17) is 16.1 Å². The standard InChI is InChI=1S/C29H21N3O3S/c1-3-16-32-25-15-14-20(28(34)35-4-2)17-26(25)36-29(32)31-27(33)22-18-24(19-10-6-5-7-11-19)30-23-13-9-8-12-21(22)23/h1,5-15,17-18H,4,16H2,2H3. The number of nitrogens with zero attached hydrogens (tertiary/aromatic N) is 3. The summed E-state index contributed by atoms with van der Waals surface area (Å²) >= 11 is 1.30. The van der Waals surface area contributed by atoms with Gasteiger partial charge in [-0.3, -0.25) is 4.79 Å². The number of aromatic nitrogens is 2. The molecule has 0 aliphatic carbocycles. The molecule has 7 heteroatoms. The monoisotopic (exact) mass is 491 g/mol. The fourth-order valence-electron chi connectivity index (χ4n) is 4.00. The van der Waals surface area contributed by atoms with Gasteiger partial charge in [0.15, 0.2) is 4.80 Å². The number of pyridine rings is 1.